The molecule has 90 valence electrons. The largest absolute Gasteiger partial charge is 0.463 e. The molecular weight excluding hydrogens is 225 g/mol. The molecule has 0 radical (unpaired) electrons. The van der Waals surface area contributed by atoms with Crippen LogP contribution < -0.4 is 0 Å². The van der Waals surface area contributed by atoms with Gasteiger partial charge in [-0.25, -0.2) is 0 Å². The van der Waals surface area contributed by atoms with E-state index in [0.717, 1.165) is 14.0 Å². The summed E-state index contributed by atoms with van der Waals surface area (Å²) in [7, 11) is 0.767. The molecule has 0 heterocycles. The summed E-state index contributed by atoms with van der Waals surface area (Å²) >= 11 is 0. The Bertz CT molecular complexity index is 240. The van der Waals surface area contributed by atoms with Gasteiger partial charge in [0.25, 0.3) is 0 Å². The van der Waals surface area contributed by atoms with E-state index in [9.17, 15) is 26.7 Å². The van der Waals surface area contributed by atoms with E-state index in [2.05, 4.69) is 0 Å². The fourth-order valence-electron chi connectivity index (χ4n) is 0.665. The SMILES string of the molecule is CC(CO)N(C)C(=O)C(F)(F)C(F)(F)F. The Kier molecular flexibility index (Phi) is 4.03. The van der Waals surface area contributed by atoms with Crippen molar-refractivity contribution in [3.63, 3.8) is 0 Å². The summed E-state index contributed by atoms with van der Waals surface area (Å²) in [4.78, 5) is 10.9. The lowest BCUT2D eigenvalue weighted by Gasteiger charge is -2.28. The van der Waals surface area contributed by atoms with Crippen molar-refractivity contribution in [3.05, 3.63) is 0 Å². The first kappa shape index (κ1) is 14.1. The van der Waals surface area contributed by atoms with E-state index in [1.165, 1.54) is 0 Å². The van der Waals surface area contributed by atoms with Crippen molar-refractivity contribution >= 4 is 5.91 Å². The van der Waals surface area contributed by atoms with Crippen LogP contribution >= 0.6 is 0 Å². The number of carbonyl (C=O) groups excluding carboxylic acids is 1. The van der Waals surface area contributed by atoms with Gasteiger partial charge in [-0.1, -0.05) is 0 Å². The van der Waals surface area contributed by atoms with E-state index >= 15 is 0 Å². The second kappa shape index (κ2) is 4.30. The van der Waals surface area contributed by atoms with E-state index in [0.29, 0.717) is 0 Å². The Balaban J connectivity index is 4.86. The zero-order valence-corrected chi connectivity index (χ0v) is 7.98. The molecule has 0 bridgehead atoms. The molecule has 8 heteroatoms. The second-order valence-electron chi connectivity index (χ2n) is 3.02. The highest BCUT2D eigenvalue weighted by Gasteiger charge is 2.64. The normalized spacial score (nSPS) is 14.9. The number of aliphatic hydroxyl groups excluding tert-OH is 1. The summed E-state index contributed by atoms with van der Waals surface area (Å²) in [6.45, 7) is 0.445. The maximum absolute atomic E-state index is 12.5. The van der Waals surface area contributed by atoms with Crippen LogP contribution in [0.3, 0.4) is 0 Å². The van der Waals surface area contributed by atoms with Gasteiger partial charge >= 0.3 is 18.0 Å². The van der Waals surface area contributed by atoms with E-state index in [4.69, 9.17) is 5.11 Å². The first-order chi connectivity index (χ1) is 6.55. The van der Waals surface area contributed by atoms with Crippen molar-refractivity contribution in [2.45, 2.75) is 25.1 Å². The number of carbonyl (C=O) groups is 1. The number of amides is 1. The molecule has 0 aliphatic carbocycles. The van der Waals surface area contributed by atoms with Gasteiger partial charge in [0.2, 0.25) is 0 Å². The van der Waals surface area contributed by atoms with E-state index < -0.39 is 30.7 Å². The molecule has 0 aromatic heterocycles. The monoisotopic (exact) mass is 235 g/mol. The van der Waals surface area contributed by atoms with Crippen molar-refractivity contribution in [2.24, 2.45) is 0 Å². The highest BCUT2D eigenvalue weighted by Crippen LogP contribution is 2.36. The van der Waals surface area contributed by atoms with Crippen LogP contribution in [0.4, 0.5) is 22.0 Å². The van der Waals surface area contributed by atoms with Crippen LogP contribution in [0.5, 0.6) is 0 Å². The average molecular weight is 235 g/mol. The predicted molar refractivity (Wildman–Crippen MR) is 40.3 cm³/mol. The fraction of sp³-hybridized carbons (Fsp3) is 0.857. The van der Waals surface area contributed by atoms with Crippen LogP contribution in [0.2, 0.25) is 0 Å². The van der Waals surface area contributed by atoms with Gasteiger partial charge in [-0.05, 0) is 6.92 Å². The van der Waals surface area contributed by atoms with Crippen molar-refractivity contribution in [2.75, 3.05) is 13.7 Å². The zero-order valence-electron chi connectivity index (χ0n) is 7.98. The van der Waals surface area contributed by atoms with Gasteiger partial charge < -0.3 is 10.0 Å². The molecule has 0 aliphatic rings. The molecule has 0 saturated heterocycles. The summed E-state index contributed by atoms with van der Waals surface area (Å²) in [6.07, 6.45) is -5.92. The number of hydrogen-bond acceptors (Lipinski definition) is 2. The molecule has 0 aromatic carbocycles. The van der Waals surface area contributed by atoms with Gasteiger partial charge in [-0.15, -0.1) is 0 Å². The first-order valence-corrected chi connectivity index (χ1v) is 3.88. The summed E-state index contributed by atoms with van der Waals surface area (Å²) < 4.78 is 60.2. The number of likely N-dealkylation sites (N-methyl/N-ethyl adjacent to an activating group) is 1. The van der Waals surface area contributed by atoms with Gasteiger partial charge in [-0.3, -0.25) is 4.79 Å². The van der Waals surface area contributed by atoms with Gasteiger partial charge in [0.15, 0.2) is 0 Å². The maximum atomic E-state index is 12.5. The Morgan fingerprint density at radius 3 is 2.00 bits per heavy atom. The van der Waals surface area contributed by atoms with Crippen LogP contribution in [-0.4, -0.2) is 47.7 Å². The maximum Gasteiger partial charge on any atom is 0.463 e. The van der Waals surface area contributed by atoms with E-state index in [1.807, 2.05) is 0 Å². The van der Waals surface area contributed by atoms with E-state index in [-0.39, 0.29) is 4.90 Å². The number of aliphatic hydroxyl groups is 1. The molecular formula is C7H10F5NO2. The molecule has 0 aliphatic heterocycles. The highest BCUT2D eigenvalue weighted by molar-refractivity contribution is 5.84. The van der Waals surface area contributed by atoms with Crippen LogP contribution in [0.15, 0.2) is 0 Å². The quantitative estimate of drug-likeness (QED) is 0.742. The number of halogens is 5. The third-order valence-corrected chi connectivity index (χ3v) is 1.87. The number of rotatable bonds is 3. The summed E-state index contributed by atoms with van der Waals surface area (Å²) in [6, 6.07) is -1.11. The van der Waals surface area contributed by atoms with Crippen LogP contribution in [0.25, 0.3) is 0 Å². The average Bonchev–Trinajstić information content (AvgIpc) is 2.12. The second-order valence-corrected chi connectivity index (χ2v) is 3.02. The molecule has 1 N–H and O–H groups in total. The predicted octanol–water partition coefficient (Wildman–Crippen LogP) is 1.02. The third-order valence-electron chi connectivity index (χ3n) is 1.87. The van der Waals surface area contributed by atoms with Crippen molar-refractivity contribution in [3.8, 4) is 0 Å². The molecule has 3 nitrogen and oxygen atoms in total. The lowest BCUT2D eigenvalue weighted by molar-refractivity contribution is -0.274. The highest BCUT2D eigenvalue weighted by atomic mass is 19.4. The van der Waals surface area contributed by atoms with Gasteiger partial charge in [-0.2, -0.15) is 22.0 Å². The fourth-order valence-corrected chi connectivity index (χ4v) is 0.665. The zero-order chi connectivity index (χ0) is 12.4. The summed E-state index contributed by atoms with van der Waals surface area (Å²) in [5.41, 5.74) is 0. The number of nitrogens with zero attached hydrogens (tertiary/aromatic N) is 1. The molecule has 1 unspecified atom stereocenters. The molecule has 15 heavy (non-hydrogen) atoms. The molecule has 0 rings (SSSR count). The minimum atomic E-state index is -5.92. The molecule has 1 amide bonds. The van der Waals surface area contributed by atoms with Crippen molar-refractivity contribution in [1.29, 1.82) is 0 Å². The van der Waals surface area contributed by atoms with Gasteiger partial charge in [0, 0.05) is 7.05 Å². The van der Waals surface area contributed by atoms with Crippen molar-refractivity contribution < 1.29 is 31.9 Å². The number of alkyl halides is 5. The Labute approximate surface area is 82.5 Å². The summed E-state index contributed by atoms with van der Waals surface area (Å²) in [5, 5.41) is 8.50. The Hall–Kier alpha value is -0.920. The van der Waals surface area contributed by atoms with Crippen LogP contribution in [0.1, 0.15) is 6.92 Å². The standard InChI is InChI=1S/C7H10F5NO2/c1-4(3-14)13(2)5(15)6(8,9)7(10,11)12/h4,14H,3H2,1-2H3. The van der Waals surface area contributed by atoms with Gasteiger partial charge in [0.1, 0.15) is 0 Å². The topological polar surface area (TPSA) is 40.5 Å². The Morgan fingerprint density at radius 1 is 1.33 bits per heavy atom. The minimum Gasteiger partial charge on any atom is -0.394 e. The third kappa shape index (κ3) is 2.77. The lowest BCUT2D eigenvalue weighted by atomic mass is 10.2. The Morgan fingerprint density at radius 2 is 1.73 bits per heavy atom. The molecule has 1 atom stereocenters. The molecule has 0 saturated carbocycles. The number of hydrogen-bond donors (Lipinski definition) is 1. The van der Waals surface area contributed by atoms with Crippen LogP contribution in [0, 0.1) is 0 Å². The van der Waals surface area contributed by atoms with Gasteiger partial charge in [0.05, 0.1) is 12.6 Å². The molecule has 0 aromatic rings. The minimum absolute atomic E-state index is 0.160. The van der Waals surface area contributed by atoms with Crippen LogP contribution in [-0.2, 0) is 4.79 Å². The lowest BCUT2D eigenvalue weighted by Crippen LogP contribution is -2.53. The van der Waals surface area contributed by atoms with E-state index in [1.54, 1.807) is 0 Å². The summed E-state index contributed by atoms with van der Waals surface area (Å²) in [5.74, 6) is -7.80. The van der Waals surface area contributed by atoms with Crippen molar-refractivity contribution in [1.82, 2.24) is 4.90 Å². The first-order valence-electron chi connectivity index (χ1n) is 3.88. The molecule has 0 spiro atoms. The molecule has 0 fully saturated rings. The smallest absolute Gasteiger partial charge is 0.394 e.